The van der Waals surface area contributed by atoms with E-state index in [0.717, 1.165) is 12.2 Å². The molecule has 0 radical (unpaired) electrons. The summed E-state index contributed by atoms with van der Waals surface area (Å²) in [5.41, 5.74) is 1.09. The number of carboxylic acids is 1. The molecule has 0 aromatic rings. The third-order valence-corrected chi connectivity index (χ3v) is 2.80. The maximum atomic E-state index is 11.9. The molecule has 1 aliphatic heterocycles. The van der Waals surface area contributed by atoms with Gasteiger partial charge in [0.2, 0.25) is 6.04 Å². The van der Waals surface area contributed by atoms with Gasteiger partial charge in [-0.2, -0.15) is 0 Å². The van der Waals surface area contributed by atoms with Crippen molar-refractivity contribution in [3.8, 4) is 0 Å². The Balaban J connectivity index is 3.07. The summed E-state index contributed by atoms with van der Waals surface area (Å²) in [5.74, 6) is 1.12. The number of quaternary nitrogens is 1. The van der Waals surface area contributed by atoms with Crippen LogP contribution in [0.25, 0.3) is 0 Å². The van der Waals surface area contributed by atoms with Gasteiger partial charge in [0, 0.05) is 0 Å². The number of rotatable bonds is 5. The molecule has 0 aliphatic carbocycles. The van der Waals surface area contributed by atoms with E-state index >= 15 is 0 Å². The normalized spacial score (nSPS) is 18.7. The van der Waals surface area contributed by atoms with Crippen LogP contribution in [0.4, 0.5) is 0 Å². The molecule has 9 nitrogen and oxygen atoms in total. The van der Waals surface area contributed by atoms with Crippen LogP contribution in [0.15, 0.2) is 12.2 Å². The molecule has 0 unspecified atom stereocenters. The van der Waals surface area contributed by atoms with E-state index in [1.165, 1.54) is 0 Å². The lowest BCUT2D eigenvalue weighted by Crippen LogP contribution is -2.72. The molecule has 0 saturated heterocycles. The minimum atomic E-state index is -1.72. The van der Waals surface area contributed by atoms with Gasteiger partial charge >= 0.3 is 23.8 Å². The topological polar surface area (TPSA) is 136 Å². The fourth-order valence-corrected chi connectivity index (χ4v) is 1.94. The highest BCUT2D eigenvalue weighted by Crippen LogP contribution is 2.22. The quantitative estimate of drug-likeness (QED) is 0.193. The lowest BCUT2D eigenvalue weighted by molar-refractivity contribution is -0.836. The number of hydrogen-bond donors (Lipinski definition) is 3. The Hall–Kier alpha value is -2.10. The second-order valence-electron chi connectivity index (χ2n) is 5.51. The van der Waals surface area contributed by atoms with Gasteiger partial charge in [-0.3, -0.25) is 4.79 Å². The maximum Gasteiger partial charge on any atom is 0.367 e. The molecule has 1 aliphatic rings. The van der Waals surface area contributed by atoms with Gasteiger partial charge in [0.1, 0.15) is 12.0 Å². The molecule has 0 saturated carbocycles. The molecule has 2 amide bonds. The lowest BCUT2D eigenvalue weighted by atomic mass is 10.1. The number of ether oxygens (including phenoxy) is 1. The van der Waals surface area contributed by atoms with Gasteiger partial charge in [-0.15, -0.1) is 0 Å². The number of nitrogens with two attached hydrogens (primary N) is 1. The molecule has 0 bridgehead atoms. The highest BCUT2D eigenvalue weighted by molar-refractivity contribution is 6.05. The first-order chi connectivity index (χ1) is 9.54. The number of amides is 2. The summed E-state index contributed by atoms with van der Waals surface area (Å²) in [5, 5.41) is 9.26. The standard InChI is InChI=1S/C12H17N3O6/c1-12(2,3)21-10(18)6-7(11(19)20)15(14-13)8(16)4-5-9(15)17/h4-5,7,14H,6,13H2,1-3H3/p+1/t7-/m0/s1. The van der Waals surface area contributed by atoms with Crippen molar-refractivity contribution >= 4 is 23.8 Å². The van der Waals surface area contributed by atoms with Crippen molar-refractivity contribution in [3.05, 3.63) is 12.2 Å². The lowest BCUT2D eigenvalue weighted by Gasteiger charge is -2.31. The number of hydrazine groups is 1. The first-order valence-electron chi connectivity index (χ1n) is 6.13. The first-order valence-corrected chi connectivity index (χ1v) is 6.13. The molecular weight excluding hydrogens is 282 g/mol. The second-order valence-corrected chi connectivity index (χ2v) is 5.51. The Kier molecular flexibility index (Phi) is 4.62. The van der Waals surface area contributed by atoms with Crippen LogP contribution in [0.5, 0.6) is 0 Å². The van der Waals surface area contributed by atoms with E-state index in [4.69, 9.17) is 10.6 Å². The molecule has 0 aromatic carbocycles. The number of aliphatic carboxylic acids is 1. The monoisotopic (exact) mass is 300 g/mol. The summed E-state index contributed by atoms with van der Waals surface area (Å²) in [4.78, 5) is 46.9. The Bertz CT molecular complexity index is 502. The Labute approximate surface area is 120 Å². The fourth-order valence-electron chi connectivity index (χ4n) is 1.94. The minimum absolute atomic E-state index is 0.685. The van der Waals surface area contributed by atoms with Crippen molar-refractivity contribution in [1.82, 2.24) is 5.53 Å². The van der Waals surface area contributed by atoms with Gasteiger partial charge in [-0.05, 0) is 20.8 Å². The van der Waals surface area contributed by atoms with E-state index in [0.29, 0.717) is 0 Å². The van der Waals surface area contributed by atoms with Crippen molar-refractivity contribution < 1.29 is 33.6 Å². The van der Waals surface area contributed by atoms with Gasteiger partial charge in [0.05, 0.1) is 12.2 Å². The van der Waals surface area contributed by atoms with Crippen LogP contribution in [0.1, 0.15) is 27.2 Å². The van der Waals surface area contributed by atoms with E-state index in [1.54, 1.807) is 20.8 Å². The van der Waals surface area contributed by atoms with Gasteiger partial charge in [-0.25, -0.2) is 20.2 Å². The summed E-state index contributed by atoms with van der Waals surface area (Å²) in [6, 6.07) is -1.72. The predicted octanol–water partition coefficient (Wildman–Crippen LogP) is -1.01. The van der Waals surface area contributed by atoms with Gasteiger partial charge in [-0.1, -0.05) is 10.1 Å². The Morgan fingerprint density at radius 2 is 1.81 bits per heavy atom. The van der Waals surface area contributed by atoms with Crippen molar-refractivity contribution in [2.24, 2.45) is 5.84 Å². The van der Waals surface area contributed by atoms with Crippen LogP contribution < -0.4 is 11.4 Å². The SMILES string of the molecule is CC(C)(C)OC(=O)C[C@@H](C(=O)O)[N+]1(NN)C(=O)C=CC1=O. The predicted molar refractivity (Wildman–Crippen MR) is 68.6 cm³/mol. The van der Waals surface area contributed by atoms with E-state index in [-0.39, 0.29) is 0 Å². The van der Waals surface area contributed by atoms with E-state index in [9.17, 15) is 24.3 Å². The maximum absolute atomic E-state index is 11.9. The van der Waals surface area contributed by atoms with Gasteiger partial charge in [0.15, 0.2) is 0 Å². The van der Waals surface area contributed by atoms with E-state index < -0.39 is 46.4 Å². The highest BCUT2D eigenvalue weighted by atomic mass is 16.6. The van der Waals surface area contributed by atoms with Crippen molar-refractivity contribution in [1.29, 1.82) is 0 Å². The zero-order valence-electron chi connectivity index (χ0n) is 12.0. The summed E-state index contributed by atoms with van der Waals surface area (Å²) < 4.78 is 3.63. The summed E-state index contributed by atoms with van der Waals surface area (Å²) in [6.45, 7) is 4.83. The van der Waals surface area contributed by atoms with E-state index in [1.807, 2.05) is 5.53 Å². The number of nitrogens with zero attached hydrogens (tertiary/aromatic N) is 1. The molecule has 1 rings (SSSR count). The zero-order chi connectivity index (χ0) is 16.4. The number of imide groups is 1. The van der Waals surface area contributed by atoms with Crippen LogP contribution in [0.2, 0.25) is 0 Å². The van der Waals surface area contributed by atoms with Crippen molar-refractivity contribution in [2.75, 3.05) is 0 Å². The largest absolute Gasteiger partial charge is 0.477 e. The first kappa shape index (κ1) is 17.0. The molecular formula is C12H18N3O6+. The molecule has 0 aromatic heterocycles. The number of nitrogens with one attached hydrogen (secondary N) is 1. The minimum Gasteiger partial charge on any atom is -0.477 e. The van der Waals surface area contributed by atoms with Crippen molar-refractivity contribution in [2.45, 2.75) is 38.8 Å². The van der Waals surface area contributed by atoms with Crippen LogP contribution >= 0.6 is 0 Å². The van der Waals surface area contributed by atoms with Crippen molar-refractivity contribution in [3.63, 3.8) is 0 Å². The molecule has 9 heteroatoms. The average molecular weight is 300 g/mol. The summed E-state index contributed by atoms with van der Waals surface area (Å²) >= 11 is 0. The third-order valence-electron chi connectivity index (χ3n) is 2.80. The van der Waals surface area contributed by atoms with E-state index in [2.05, 4.69) is 0 Å². The fraction of sp³-hybridized carbons (Fsp3) is 0.500. The molecule has 1 atom stereocenters. The van der Waals surface area contributed by atoms with Crippen LogP contribution in [0.3, 0.4) is 0 Å². The Morgan fingerprint density at radius 1 is 1.33 bits per heavy atom. The third kappa shape index (κ3) is 3.32. The average Bonchev–Trinajstić information content (AvgIpc) is 2.61. The number of hydrogen-bond acceptors (Lipinski definition) is 7. The number of carboxylic acid groups (broad SMARTS) is 1. The molecule has 116 valence electrons. The van der Waals surface area contributed by atoms with Gasteiger partial charge < -0.3 is 9.84 Å². The second kappa shape index (κ2) is 5.72. The number of carbonyl (C=O) groups excluding carboxylic acids is 3. The van der Waals surface area contributed by atoms with Gasteiger partial charge in [0.25, 0.3) is 0 Å². The molecule has 4 N–H and O–H groups in total. The molecule has 0 fully saturated rings. The summed E-state index contributed by atoms with van der Waals surface area (Å²) in [7, 11) is 0. The highest BCUT2D eigenvalue weighted by Gasteiger charge is 2.57. The molecule has 0 spiro atoms. The number of carbonyl (C=O) groups is 4. The molecule has 21 heavy (non-hydrogen) atoms. The summed E-state index contributed by atoms with van der Waals surface area (Å²) in [6.07, 6.45) is 1.14. The zero-order valence-corrected chi connectivity index (χ0v) is 12.0. The number of esters is 1. The Morgan fingerprint density at radius 3 is 2.14 bits per heavy atom. The van der Waals surface area contributed by atoms with Crippen LogP contribution in [-0.4, -0.2) is 45.1 Å². The molecule has 1 heterocycles. The van der Waals surface area contributed by atoms with Crippen LogP contribution in [-0.2, 0) is 23.9 Å². The van der Waals surface area contributed by atoms with Crippen LogP contribution in [0, 0.1) is 0 Å². The smallest absolute Gasteiger partial charge is 0.367 e.